The topological polar surface area (TPSA) is 52.6 Å². The number of rotatable bonds is 5. The Bertz CT molecular complexity index is 354. The van der Waals surface area contributed by atoms with Gasteiger partial charge in [0.05, 0.1) is 12.6 Å². The molecular weight excluding hydrogens is 216 g/mol. The second-order valence-electron chi connectivity index (χ2n) is 4.23. The minimum atomic E-state index is -0.280. The number of amides is 1. The number of carbonyl (C=O) groups excluding carboxylic acids is 1. The van der Waals surface area contributed by atoms with E-state index >= 15 is 0 Å². The molecule has 2 atom stereocenters. The van der Waals surface area contributed by atoms with Crippen molar-refractivity contribution in [3.8, 4) is 0 Å². The van der Waals surface area contributed by atoms with Crippen molar-refractivity contribution >= 4 is 11.6 Å². The van der Waals surface area contributed by atoms with E-state index in [1.165, 1.54) is 0 Å². The normalized spacial score (nSPS) is 14.4. The molecule has 0 heterocycles. The summed E-state index contributed by atoms with van der Waals surface area (Å²) in [4.78, 5) is 13.8. The smallest absolute Gasteiger partial charge is 0.241 e. The Balaban J connectivity index is 2.59. The molecule has 0 radical (unpaired) electrons. The lowest BCUT2D eigenvalue weighted by atomic mass is 10.2. The molecule has 0 aromatic heterocycles. The van der Waals surface area contributed by atoms with Crippen molar-refractivity contribution in [2.75, 3.05) is 19.0 Å². The van der Waals surface area contributed by atoms with Gasteiger partial charge in [0.2, 0.25) is 5.91 Å². The quantitative estimate of drug-likeness (QED) is 0.811. The third-order valence-corrected chi connectivity index (χ3v) is 2.99. The van der Waals surface area contributed by atoms with Crippen molar-refractivity contribution in [3.05, 3.63) is 30.3 Å². The van der Waals surface area contributed by atoms with Crippen LogP contribution in [0.15, 0.2) is 30.3 Å². The Morgan fingerprint density at radius 1 is 1.35 bits per heavy atom. The van der Waals surface area contributed by atoms with E-state index in [9.17, 15) is 4.79 Å². The molecule has 0 fully saturated rings. The largest absolute Gasteiger partial charge is 0.395 e. The van der Waals surface area contributed by atoms with Crippen LogP contribution in [0, 0.1) is 0 Å². The molecule has 0 aliphatic carbocycles. The van der Waals surface area contributed by atoms with E-state index in [4.69, 9.17) is 5.11 Å². The minimum Gasteiger partial charge on any atom is -0.395 e. The molecule has 1 aromatic rings. The van der Waals surface area contributed by atoms with Crippen molar-refractivity contribution in [3.63, 3.8) is 0 Å². The number of anilines is 1. The van der Waals surface area contributed by atoms with Gasteiger partial charge in [-0.05, 0) is 33.0 Å². The monoisotopic (exact) mass is 236 g/mol. The van der Waals surface area contributed by atoms with Gasteiger partial charge < -0.3 is 10.4 Å². The maximum atomic E-state index is 11.9. The van der Waals surface area contributed by atoms with Crippen LogP contribution in [0.1, 0.15) is 13.8 Å². The number of likely N-dealkylation sites (N-methyl/N-ethyl adjacent to an activating group) is 1. The van der Waals surface area contributed by atoms with Crippen LogP contribution in [-0.2, 0) is 4.79 Å². The minimum absolute atomic E-state index is 0.0356. The zero-order chi connectivity index (χ0) is 12.8. The van der Waals surface area contributed by atoms with E-state index in [0.29, 0.717) is 0 Å². The first kappa shape index (κ1) is 13.7. The third kappa shape index (κ3) is 3.84. The number of aliphatic hydroxyl groups is 1. The van der Waals surface area contributed by atoms with E-state index in [2.05, 4.69) is 5.32 Å². The molecule has 0 saturated carbocycles. The van der Waals surface area contributed by atoms with Crippen LogP contribution in [0.4, 0.5) is 5.69 Å². The first-order valence-electron chi connectivity index (χ1n) is 5.75. The second-order valence-corrected chi connectivity index (χ2v) is 4.23. The maximum absolute atomic E-state index is 11.9. The van der Waals surface area contributed by atoms with Gasteiger partial charge in [-0.3, -0.25) is 9.69 Å². The van der Waals surface area contributed by atoms with Crippen LogP contribution in [0.5, 0.6) is 0 Å². The lowest BCUT2D eigenvalue weighted by Gasteiger charge is -2.28. The first-order valence-corrected chi connectivity index (χ1v) is 5.75. The average Bonchev–Trinajstić information content (AvgIpc) is 2.37. The number of nitrogens with zero attached hydrogens (tertiary/aromatic N) is 1. The summed E-state index contributed by atoms with van der Waals surface area (Å²) in [6.45, 7) is 3.75. The van der Waals surface area contributed by atoms with E-state index in [0.717, 1.165) is 5.69 Å². The van der Waals surface area contributed by atoms with E-state index in [1.54, 1.807) is 0 Å². The fourth-order valence-corrected chi connectivity index (χ4v) is 1.46. The lowest BCUT2D eigenvalue weighted by Crippen LogP contribution is -2.45. The summed E-state index contributed by atoms with van der Waals surface area (Å²) in [5, 5.41) is 11.9. The molecule has 0 spiro atoms. The third-order valence-electron chi connectivity index (χ3n) is 2.99. The summed E-state index contributed by atoms with van der Waals surface area (Å²) in [7, 11) is 1.83. The van der Waals surface area contributed by atoms with Gasteiger partial charge in [-0.1, -0.05) is 18.2 Å². The van der Waals surface area contributed by atoms with Crippen molar-refractivity contribution in [1.29, 1.82) is 0 Å². The Morgan fingerprint density at radius 2 is 1.94 bits per heavy atom. The SMILES string of the molecule is CC(CO)N(C)C(C)C(=O)Nc1ccccc1. The number of para-hydroxylation sites is 1. The summed E-state index contributed by atoms with van der Waals surface area (Å²) in [5.41, 5.74) is 0.786. The standard InChI is InChI=1S/C13H20N2O2/c1-10(9-16)15(3)11(2)13(17)14-12-7-5-4-6-8-12/h4-8,10-11,16H,9H2,1-3H3,(H,14,17). The number of hydrogen-bond donors (Lipinski definition) is 2. The lowest BCUT2D eigenvalue weighted by molar-refractivity contribution is -0.121. The molecule has 0 saturated heterocycles. The van der Waals surface area contributed by atoms with Gasteiger partial charge in [-0.15, -0.1) is 0 Å². The summed E-state index contributed by atoms with van der Waals surface area (Å²) < 4.78 is 0. The molecule has 1 aromatic carbocycles. The van der Waals surface area contributed by atoms with Gasteiger partial charge in [0.25, 0.3) is 0 Å². The molecule has 0 bridgehead atoms. The van der Waals surface area contributed by atoms with Gasteiger partial charge in [-0.25, -0.2) is 0 Å². The Morgan fingerprint density at radius 3 is 2.47 bits per heavy atom. The average molecular weight is 236 g/mol. The Hall–Kier alpha value is -1.39. The molecule has 4 nitrogen and oxygen atoms in total. The zero-order valence-electron chi connectivity index (χ0n) is 10.6. The molecule has 94 valence electrons. The molecule has 2 N–H and O–H groups in total. The van der Waals surface area contributed by atoms with Crippen LogP contribution in [-0.4, -0.2) is 41.7 Å². The van der Waals surface area contributed by atoms with Gasteiger partial charge in [0.1, 0.15) is 0 Å². The zero-order valence-corrected chi connectivity index (χ0v) is 10.6. The summed E-state index contributed by atoms with van der Waals surface area (Å²) in [6.07, 6.45) is 0. The van der Waals surface area contributed by atoms with E-state index in [1.807, 2.05) is 56.1 Å². The number of benzene rings is 1. The Labute approximate surface area is 102 Å². The van der Waals surface area contributed by atoms with Crippen LogP contribution >= 0.6 is 0 Å². The highest BCUT2D eigenvalue weighted by Gasteiger charge is 2.21. The molecule has 0 aliphatic heterocycles. The summed E-state index contributed by atoms with van der Waals surface area (Å²) in [5.74, 6) is -0.0704. The Kier molecular flexibility index (Phi) is 5.12. The molecule has 2 unspecified atom stereocenters. The molecule has 17 heavy (non-hydrogen) atoms. The number of nitrogens with one attached hydrogen (secondary N) is 1. The fourth-order valence-electron chi connectivity index (χ4n) is 1.46. The predicted molar refractivity (Wildman–Crippen MR) is 68.8 cm³/mol. The number of hydrogen-bond acceptors (Lipinski definition) is 3. The predicted octanol–water partition coefficient (Wildman–Crippen LogP) is 1.33. The summed E-state index contributed by atoms with van der Waals surface area (Å²) in [6, 6.07) is 9.03. The van der Waals surface area contributed by atoms with Gasteiger partial charge >= 0.3 is 0 Å². The van der Waals surface area contributed by atoms with Crippen molar-refractivity contribution in [1.82, 2.24) is 4.90 Å². The molecular formula is C13H20N2O2. The van der Waals surface area contributed by atoms with E-state index < -0.39 is 0 Å². The van der Waals surface area contributed by atoms with Crippen molar-refractivity contribution < 1.29 is 9.90 Å². The molecule has 4 heteroatoms. The molecule has 1 amide bonds. The molecule has 0 aliphatic rings. The van der Waals surface area contributed by atoms with Crippen molar-refractivity contribution in [2.24, 2.45) is 0 Å². The van der Waals surface area contributed by atoms with Crippen LogP contribution in [0.3, 0.4) is 0 Å². The van der Waals surface area contributed by atoms with Crippen LogP contribution in [0.2, 0.25) is 0 Å². The van der Waals surface area contributed by atoms with Gasteiger partial charge in [0.15, 0.2) is 0 Å². The fraction of sp³-hybridized carbons (Fsp3) is 0.462. The molecule has 1 rings (SSSR count). The highest BCUT2D eigenvalue weighted by atomic mass is 16.3. The second kappa shape index (κ2) is 6.37. The van der Waals surface area contributed by atoms with Crippen LogP contribution < -0.4 is 5.32 Å². The summed E-state index contributed by atoms with van der Waals surface area (Å²) >= 11 is 0. The van der Waals surface area contributed by atoms with E-state index in [-0.39, 0.29) is 24.6 Å². The number of carbonyl (C=O) groups is 1. The highest BCUT2D eigenvalue weighted by Crippen LogP contribution is 2.08. The van der Waals surface area contributed by atoms with Crippen molar-refractivity contribution in [2.45, 2.75) is 25.9 Å². The number of aliphatic hydroxyl groups excluding tert-OH is 1. The first-order chi connectivity index (χ1) is 8.06. The highest BCUT2D eigenvalue weighted by molar-refractivity contribution is 5.94. The van der Waals surface area contributed by atoms with Crippen LogP contribution in [0.25, 0.3) is 0 Å². The van der Waals surface area contributed by atoms with Gasteiger partial charge in [0, 0.05) is 11.7 Å². The van der Waals surface area contributed by atoms with Gasteiger partial charge in [-0.2, -0.15) is 0 Å². The maximum Gasteiger partial charge on any atom is 0.241 e.